The molecule has 1 saturated heterocycles. The number of amides is 2. The fraction of sp³-hybridized carbons (Fsp3) is 0.265. The van der Waals surface area contributed by atoms with E-state index in [1.54, 1.807) is 0 Å². The van der Waals surface area contributed by atoms with E-state index in [9.17, 15) is 4.79 Å². The number of ether oxygens (including phenoxy) is 1. The third-order valence-corrected chi connectivity index (χ3v) is 7.69. The van der Waals surface area contributed by atoms with E-state index in [1.165, 1.54) is 6.33 Å². The number of rotatable bonds is 11. The Labute approximate surface area is 257 Å². The minimum absolute atomic E-state index is 0.279. The number of hydrogen-bond donors (Lipinski definition) is 3. The lowest BCUT2D eigenvalue weighted by molar-refractivity contribution is 0.134. The molecule has 0 spiro atoms. The maximum atomic E-state index is 12.2. The number of fused-ring (bicyclic) bond motifs is 1. The van der Waals surface area contributed by atoms with Crippen LogP contribution >= 0.6 is 0 Å². The Morgan fingerprint density at radius 2 is 1.61 bits per heavy atom. The zero-order chi connectivity index (χ0) is 30.1. The van der Waals surface area contributed by atoms with Gasteiger partial charge in [-0.1, -0.05) is 30.3 Å². The second-order valence-corrected chi connectivity index (χ2v) is 10.9. The molecule has 0 bridgehead atoms. The minimum Gasteiger partial charge on any atom is -0.492 e. The molecule has 1 aliphatic heterocycles. The number of nitrogens with zero attached hydrogens (tertiary/aromatic N) is 4. The minimum atomic E-state index is -0.279. The molecule has 44 heavy (non-hydrogen) atoms. The first-order chi connectivity index (χ1) is 21.6. The van der Waals surface area contributed by atoms with Gasteiger partial charge in [0, 0.05) is 56.2 Å². The number of likely N-dealkylation sites (N-methyl/N-ethyl adjacent to an activating group) is 1. The molecule has 5 aromatic rings. The summed E-state index contributed by atoms with van der Waals surface area (Å²) in [4.78, 5) is 25.8. The first-order valence-corrected chi connectivity index (χ1v) is 14.9. The van der Waals surface area contributed by atoms with Crippen LogP contribution in [-0.2, 0) is 6.42 Å². The fourth-order valence-corrected chi connectivity index (χ4v) is 5.11. The van der Waals surface area contributed by atoms with Gasteiger partial charge in [0.15, 0.2) is 0 Å². The highest BCUT2D eigenvalue weighted by molar-refractivity contribution is 5.99. The summed E-state index contributed by atoms with van der Waals surface area (Å²) in [6.45, 7) is 6.68. The summed E-state index contributed by atoms with van der Waals surface area (Å²) in [6.07, 6.45) is 2.29. The van der Waals surface area contributed by atoms with E-state index in [0.29, 0.717) is 18.9 Å². The summed E-state index contributed by atoms with van der Waals surface area (Å²) in [6, 6.07) is 26.8. The van der Waals surface area contributed by atoms with Crippen LogP contribution in [0.15, 0.2) is 95.7 Å². The number of hydrogen-bond acceptors (Lipinski definition) is 8. The van der Waals surface area contributed by atoms with Crippen molar-refractivity contribution in [2.75, 3.05) is 68.9 Å². The van der Waals surface area contributed by atoms with Crippen molar-refractivity contribution in [1.82, 2.24) is 19.8 Å². The molecule has 0 radical (unpaired) electrons. The van der Waals surface area contributed by atoms with Gasteiger partial charge in [-0.3, -0.25) is 4.90 Å². The van der Waals surface area contributed by atoms with Crippen molar-refractivity contribution >= 4 is 34.3 Å². The molecule has 10 nitrogen and oxygen atoms in total. The van der Waals surface area contributed by atoms with E-state index in [0.717, 1.165) is 84.4 Å². The van der Waals surface area contributed by atoms with E-state index in [-0.39, 0.29) is 6.03 Å². The van der Waals surface area contributed by atoms with Crippen LogP contribution in [0.1, 0.15) is 5.56 Å². The molecule has 1 aliphatic rings. The second kappa shape index (κ2) is 14.0. The van der Waals surface area contributed by atoms with Gasteiger partial charge in [0.25, 0.3) is 0 Å². The monoisotopic (exact) mass is 591 g/mol. The van der Waals surface area contributed by atoms with Gasteiger partial charge in [-0.2, -0.15) is 0 Å². The number of carbonyl (C=O) groups is 1. The highest BCUT2D eigenvalue weighted by atomic mass is 16.5. The van der Waals surface area contributed by atoms with Crippen LogP contribution in [0.25, 0.3) is 22.4 Å². The first-order valence-electron chi connectivity index (χ1n) is 14.9. The molecular weight excluding hydrogens is 554 g/mol. The van der Waals surface area contributed by atoms with Crippen molar-refractivity contribution in [1.29, 1.82) is 0 Å². The number of para-hydroxylation sites is 1. The Bertz CT molecular complexity index is 1650. The summed E-state index contributed by atoms with van der Waals surface area (Å²) >= 11 is 0. The van der Waals surface area contributed by atoms with Crippen LogP contribution in [0, 0.1) is 0 Å². The van der Waals surface area contributed by atoms with Crippen LogP contribution in [0.5, 0.6) is 5.75 Å². The highest BCUT2D eigenvalue weighted by Gasteiger charge is 2.14. The predicted octanol–water partition coefficient (Wildman–Crippen LogP) is 5.81. The molecule has 6 rings (SSSR count). The Hall–Kier alpha value is -4.93. The molecule has 1 fully saturated rings. The first kappa shape index (κ1) is 29.2. The molecule has 0 atom stereocenters. The van der Waals surface area contributed by atoms with Crippen molar-refractivity contribution in [3.05, 3.63) is 96.8 Å². The Morgan fingerprint density at radius 3 is 2.36 bits per heavy atom. The van der Waals surface area contributed by atoms with Crippen LogP contribution in [0.3, 0.4) is 0 Å². The number of carbonyl (C=O) groups excluding carboxylic acids is 1. The number of urea groups is 1. The van der Waals surface area contributed by atoms with Crippen LogP contribution in [0.2, 0.25) is 0 Å². The maximum absolute atomic E-state index is 12.2. The van der Waals surface area contributed by atoms with Crippen molar-refractivity contribution in [2.45, 2.75) is 6.42 Å². The molecule has 0 saturated carbocycles. The molecule has 2 aromatic heterocycles. The largest absolute Gasteiger partial charge is 0.492 e. The topological polar surface area (TPSA) is 108 Å². The van der Waals surface area contributed by atoms with Gasteiger partial charge >= 0.3 is 6.03 Å². The lowest BCUT2D eigenvalue weighted by atomic mass is 10.1. The van der Waals surface area contributed by atoms with Gasteiger partial charge in [-0.15, -0.1) is 0 Å². The average molecular weight is 592 g/mol. The number of nitrogens with one attached hydrogen (secondary N) is 3. The number of furan rings is 1. The van der Waals surface area contributed by atoms with E-state index in [4.69, 9.17) is 9.15 Å². The molecule has 10 heteroatoms. The van der Waals surface area contributed by atoms with Crippen LogP contribution < -0.4 is 20.7 Å². The van der Waals surface area contributed by atoms with Crippen molar-refractivity contribution in [2.24, 2.45) is 0 Å². The number of benzene rings is 3. The molecule has 3 heterocycles. The lowest BCUT2D eigenvalue weighted by Gasteiger charge is -2.32. The standard InChI is InChI=1S/C34H37N7O3/c1-40-17-19-41(20-18-40)21-22-43-29-13-9-26(10-14-29)31-23-30-32(36-24-37-33(30)44-31)35-16-15-25-7-11-28(12-8-25)39-34(42)38-27-5-3-2-4-6-27/h2-14,23-24H,15-22H2,1H3,(H,35,36,37)(H2,38,39,42). The van der Waals surface area contributed by atoms with Gasteiger partial charge in [0.2, 0.25) is 5.71 Å². The summed E-state index contributed by atoms with van der Waals surface area (Å²) in [5.41, 5.74) is 4.09. The Morgan fingerprint density at radius 1 is 0.886 bits per heavy atom. The van der Waals surface area contributed by atoms with Crippen molar-refractivity contribution in [3.63, 3.8) is 0 Å². The molecule has 0 unspecified atom stereocenters. The third-order valence-electron chi connectivity index (χ3n) is 7.69. The zero-order valence-corrected chi connectivity index (χ0v) is 24.8. The van der Waals surface area contributed by atoms with Crippen LogP contribution in [0.4, 0.5) is 22.0 Å². The molecule has 2 amide bonds. The van der Waals surface area contributed by atoms with Crippen molar-refractivity contribution < 1.29 is 13.9 Å². The maximum Gasteiger partial charge on any atom is 0.323 e. The molecule has 0 aliphatic carbocycles. The van der Waals surface area contributed by atoms with Gasteiger partial charge in [-0.25, -0.2) is 14.8 Å². The van der Waals surface area contributed by atoms with Gasteiger partial charge in [0.1, 0.15) is 30.3 Å². The SMILES string of the molecule is CN1CCN(CCOc2ccc(-c3cc4c(NCCc5ccc(NC(=O)Nc6ccccc6)cc5)ncnc4o3)cc2)CC1. The van der Waals surface area contributed by atoms with Gasteiger partial charge < -0.3 is 30.0 Å². The smallest absolute Gasteiger partial charge is 0.323 e. The van der Waals surface area contributed by atoms with E-state index < -0.39 is 0 Å². The second-order valence-electron chi connectivity index (χ2n) is 10.9. The lowest BCUT2D eigenvalue weighted by Crippen LogP contribution is -2.45. The summed E-state index contributed by atoms with van der Waals surface area (Å²) < 4.78 is 12.1. The predicted molar refractivity (Wildman–Crippen MR) is 174 cm³/mol. The summed E-state index contributed by atoms with van der Waals surface area (Å²) in [5.74, 6) is 2.30. The molecule has 226 valence electrons. The number of piperazine rings is 1. The zero-order valence-electron chi connectivity index (χ0n) is 24.8. The molecule has 3 aromatic carbocycles. The third kappa shape index (κ3) is 7.71. The Balaban J connectivity index is 0.993. The average Bonchev–Trinajstić information content (AvgIpc) is 3.49. The normalized spacial score (nSPS) is 13.9. The summed E-state index contributed by atoms with van der Waals surface area (Å²) in [7, 11) is 2.17. The number of anilines is 3. The van der Waals surface area contributed by atoms with Gasteiger partial charge in [0.05, 0.1) is 5.39 Å². The van der Waals surface area contributed by atoms with E-state index in [1.807, 2.05) is 84.9 Å². The van der Waals surface area contributed by atoms with Crippen molar-refractivity contribution in [3.8, 4) is 17.1 Å². The molecule has 3 N–H and O–H groups in total. The van der Waals surface area contributed by atoms with E-state index in [2.05, 4.69) is 42.8 Å². The summed E-state index contributed by atoms with van der Waals surface area (Å²) in [5, 5.41) is 9.93. The molecular formula is C34H37N7O3. The van der Waals surface area contributed by atoms with E-state index >= 15 is 0 Å². The quantitative estimate of drug-likeness (QED) is 0.177. The highest BCUT2D eigenvalue weighted by Crippen LogP contribution is 2.31. The Kier molecular flexibility index (Phi) is 9.29. The van der Waals surface area contributed by atoms with Crippen LogP contribution in [-0.4, -0.2) is 78.7 Å². The van der Waals surface area contributed by atoms with Gasteiger partial charge in [-0.05, 0) is 73.6 Å². The number of aromatic nitrogens is 2. The fourth-order valence-electron chi connectivity index (χ4n) is 5.11.